The summed E-state index contributed by atoms with van der Waals surface area (Å²) in [5, 5.41) is 9.20. The van der Waals surface area contributed by atoms with E-state index in [9.17, 15) is 4.79 Å². The van der Waals surface area contributed by atoms with Crippen molar-refractivity contribution in [2.45, 2.75) is 0 Å². The number of nitrogens with zero attached hydrogens (tertiary/aromatic N) is 1. The van der Waals surface area contributed by atoms with E-state index >= 15 is 0 Å². The molecule has 0 amide bonds. The van der Waals surface area contributed by atoms with Gasteiger partial charge in [0.25, 0.3) is 0 Å². The van der Waals surface area contributed by atoms with E-state index in [1.807, 2.05) is 0 Å². The molecule has 15 heavy (non-hydrogen) atoms. The number of thiazole rings is 1. The van der Waals surface area contributed by atoms with Crippen molar-refractivity contribution in [2.75, 3.05) is 7.11 Å². The number of aromatic nitrogens is 1. The smallest absolute Gasteiger partial charge is 0.365 e. The molecule has 0 radical (unpaired) electrons. The Morgan fingerprint density at radius 3 is 2.93 bits per heavy atom. The van der Waals surface area contributed by atoms with Crippen LogP contribution in [0.1, 0.15) is 9.80 Å². The molecule has 2 rings (SSSR count). The van der Waals surface area contributed by atoms with Crippen LogP contribution in [0.5, 0.6) is 5.75 Å². The predicted molar refractivity (Wildman–Crippen MR) is 58.1 cm³/mol. The molecule has 1 aromatic carbocycles. The van der Waals surface area contributed by atoms with E-state index in [0.717, 1.165) is 11.3 Å². The molecule has 1 N–H and O–H groups in total. The minimum atomic E-state index is -1.05. The fourth-order valence-electron chi connectivity index (χ4n) is 1.17. The van der Waals surface area contributed by atoms with Crippen molar-refractivity contribution in [3.63, 3.8) is 0 Å². The van der Waals surface area contributed by atoms with E-state index in [-0.39, 0.29) is 5.01 Å². The highest BCUT2D eigenvalue weighted by atomic mass is 35.5. The van der Waals surface area contributed by atoms with Gasteiger partial charge in [-0.1, -0.05) is 11.6 Å². The van der Waals surface area contributed by atoms with Gasteiger partial charge in [0.15, 0.2) is 0 Å². The number of hydrogen-bond donors (Lipinski definition) is 1. The number of ether oxygens (including phenoxy) is 1. The predicted octanol–water partition coefficient (Wildman–Crippen LogP) is 2.66. The molecule has 0 aliphatic heterocycles. The highest BCUT2D eigenvalue weighted by molar-refractivity contribution is 7.20. The number of methoxy groups -OCH3 is 1. The van der Waals surface area contributed by atoms with Gasteiger partial charge in [-0.25, -0.2) is 9.78 Å². The number of fused-ring (bicyclic) bond motifs is 1. The van der Waals surface area contributed by atoms with E-state index in [2.05, 4.69) is 4.98 Å². The second kappa shape index (κ2) is 3.67. The van der Waals surface area contributed by atoms with Crippen LogP contribution < -0.4 is 4.74 Å². The molecule has 1 heterocycles. The maximum atomic E-state index is 10.7. The summed E-state index contributed by atoms with van der Waals surface area (Å²) >= 11 is 7.00. The number of aromatic carboxylic acids is 1. The first-order valence-corrected chi connectivity index (χ1v) is 5.18. The Hall–Kier alpha value is -1.33. The van der Waals surface area contributed by atoms with E-state index in [1.165, 1.54) is 7.11 Å². The van der Waals surface area contributed by atoms with Crippen molar-refractivity contribution in [3.05, 3.63) is 22.2 Å². The quantitative estimate of drug-likeness (QED) is 0.881. The molecule has 0 saturated carbocycles. The van der Waals surface area contributed by atoms with Crippen LogP contribution in [-0.4, -0.2) is 23.2 Å². The van der Waals surface area contributed by atoms with Crippen LogP contribution >= 0.6 is 22.9 Å². The Bertz CT molecular complexity index is 537. The molecule has 0 aliphatic carbocycles. The van der Waals surface area contributed by atoms with E-state index in [4.69, 9.17) is 21.4 Å². The molecule has 4 nitrogen and oxygen atoms in total. The summed E-state index contributed by atoms with van der Waals surface area (Å²) in [4.78, 5) is 14.6. The SMILES string of the molecule is COc1cc(Cl)c2nc(C(=O)O)sc2c1. The minimum Gasteiger partial charge on any atom is -0.497 e. The zero-order valence-corrected chi connectivity index (χ0v) is 9.22. The lowest BCUT2D eigenvalue weighted by molar-refractivity contribution is 0.0696. The van der Waals surface area contributed by atoms with Crippen LogP contribution in [0.25, 0.3) is 10.2 Å². The van der Waals surface area contributed by atoms with Gasteiger partial charge in [0, 0.05) is 6.07 Å². The minimum absolute atomic E-state index is 0.0279. The third-order valence-corrected chi connectivity index (χ3v) is 3.12. The molecule has 0 saturated heterocycles. The summed E-state index contributed by atoms with van der Waals surface area (Å²) in [6, 6.07) is 3.32. The number of benzene rings is 1. The number of rotatable bonds is 2. The van der Waals surface area contributed by atoms with Gasteiger partial charge in [0.2, 0.25) is 5.01 Å². The lowest BCUT2D eigenvalue weighted by Gasteiger charge is -1.99. The van der Waals surface area contributed by atoms with Crippen LogP contribution in [0.4, 0.5) is 0 Å². The van der Waals surface area contributed by atoms with Gasteiger partial charge >= 0.3 is 5.97 Å². The number of hydrogen-bond acceptors (Lipinski definition) is 4. The fraction of sp³-hybridized carbons (Fsp3) is 0.111. The average Bonchev–Trinajstić information content (AvgIpc) is 2.61. The summed E-state index contributed by atoms with van der Waals surface area (Å²) in [6.07, 6.45) is 0. The largest absolute Gasteiger partial charge is 0.497 e. The van der Waals surface area contributed by atoms with Crippen LogP contribution in [0.15, 0.2) is 12.1 Å². The molecule has 0 fully saturated rings. The zero-order chi connectivity index (χ0) is 11.0. The Morgan fingerprint density at radius 2 is 2.33 bits per heavy atom. The summed E-state index contributed by atoms with van der Waals surface area (Å²) < 4.78 is 5.73. The molecule has 78 valence electrons. The molecule has 1 aromatic heterocycles. The lowest BCUT2D eigenvalue weighted by Crippen LogP contribution is -1.93. The van der Waals surface area contributed by atoms with Gasteiger partial charge in [-0.2, -0.15) is 0 Å². The molecule has 6 heteroatoms. The average molecular weight is 244 g/mol. The second-order valence-electron chi connectivity index (χ2n) is 2.78. The fourth-order valence-corrected chi connectivity index (χ4v) is 2.34. The van der Waals surface area contributed by atoms with Crippen molar-refractivity contribution in [2.24, 2.45) is 0 Å². The van der Waals surface area contributed by atoms with Gasteiger partial charge < -0.3 is 9.84 Å². The molecule has 0 atom stereocenters. The van der Waals surface area contributed by atoms with Crippen LogP contribution in [0.2, 0.25) is 5.02 Å². The number of carbonyl (C=O) groups is 1. The van der Waals surface area contributed by atoms with Crippen molar-refractivity contribution >= 4 is 39.1 Å². The number of halogens is 1. The van der Waals surface area contributed by atoms with Crippen LogP contribution in [0, 0.1) is 0 Å². The Morgan fingerprint density at radius 1 is 1.60 bits per heavy atom. The Kier molecular flexibility index (Phi) is 2.50. The molecule has 0 unspecified atom stereocenters. The van der Waals surface area contributed by atoms with Gasteiger partial charge in [0.1, 0.15) is 11.3 Å². The summed E-state index contributed by atoms with van der Waals surface area (Å²) in [5.41, 5.74) is 0.500. The lowest BCUT2D eigenvalue weighted by atomic mass is 10.3. The standard InChI is InChI=1S/C9H6ClNO3S/c1-14-4-2-5(10)7-6(3-4)15-8(11-7)9(12)13/h2-3H,1H3,(H,12,13). The van der Waals surface area contributed by atoms with Gasteiger partial charge in [-0.05, 0) is 6.07 Å². The summed E-state index contributed by atoms with van der Waals surface area (Å²) in [6.45, 7) is 0. The van der Waals surface area contributed by atoms with Gasteiger partial charge in [-0.3, -0.25) is 0 Å². The molecule has 0 aliphatic rings. The first kappa shape index (κ1) is 10.2. The first-order valence-electron chi connectivity index (χ1n) is 3.99. The van der Waals surface area contributed by atoms with Gasteiger partial charge in [-0.15, -0.1) is 11.3 Å². The van der Waals surface area contributed by atoms with Crippen LogP contribution in [0.3, 0.4) is 0 Å². The van der Waals surface area contributed by atoms with E-state index in [1.54, 1.807) is 12.1 Å². The Labute approximate surface area is 94.1 Å². The molecular weight excluding hydrogens is 238 g/mol. The van der Waals surface area contributed by atoms with Gasteiger partial charge in [0.05, 0.1) is 16.8 Å². The maximum Gasteiger partial charge on any atom is 0.365 e. The number of carboxylic acid groups (broad SMARTS) is 1. The van der Waals surface area contributed by atoms with E-state index < -0.39 is 5.97 Å². The van der Waals surface area contributed by atoms with Crippen molar-refractivity contribution in [3.8, 4) is 5.75 Å². The second-order valence-corrected chi connectivity index (χ2v) is 4.22. The highest BCUT2D eigenvalue weighted by Gasteiger charge is 2.13. The Balaban J connectivity index is 2.69. The van der Waals surface area contributed by atoms with Crippen molar-refractivity contribution < 1.29 is 14.6 Å². The normalized spacial score (nSPS) is 10.5. The third-order valence-electron chi connectivity index (χ3n) is 1.84. The molecule has 0 spiro atoms. The summed E-state index contributed by atoms with van der Waals surface area (Å²) in [5.74, 6) is -0.459. The topological polar surface area (TPSA) is 59.4 Å². The molecule has 0 bridgehead atoms. The number of carboxylic acids is 1. The third kappa shape index (κ3) is 1.75. The molecular formula is C9H6ClNO3S. The monoisotopic (exact) mass is 243 g/mol. The first-order chi connectivity index (χ1) is 7.11. The highest BCUT2D eigenvalue weighted by Crippen LogP contribution is 2.32. The maximum absolute atomic E-state index is 10.7. The van der Waals surface area contributed by atoms with Crippen molar-refractivity contribution in [1.29, 1.82) is 0 Å². The molecule has 2 aromatic rings. The van der Waals surface area contributed by atoms with Crippen LogP contribution in [-0.2, 0) is 0 Å². The summed E-state index contributed by atoms with van der Waals surface area (Å²) in [7, 11) is 1.52. The van der Waals surface area contributed by atoms with E-state index in [0.29, 0.717) is 21.0 Å². The zero-order valence-electron chi connectivity index (χ0n) is 7.65. The van der Waals surface area contributed by atoms with Crippen molar-refractivity contribution in [1.82, 2.24) is 4.98 Å².